The highest BCUT2D eigenvalue weighted by molar-refractivity contribution is 5.30. The van der Waals surface area contributed by atoms with Gasteiger partial charge >= 0.3 is 0 Å². The minimum Gasteiger partial charge on any atom is -0.330 e. The van der Waals surface area contributed by atoms with Crippen LogP contribution in [0.2, 0.25) is 0 Å². The Bertz CT molecular complexity index is 549. The third kappa shape index (κ3) is 2.34. The van der Waals surface area contributed by atoms with Crippen molar-refractivity contribution in [3.63, 3.8) is 0 Å². The van der Waals surface area contributed by atoms with E-state index in [0.29, 0.717) is 18.2 Å². The number of nitrogens with zero attached hydrogens (tertiary/aromatic N) is 4. The van der Waals surface area contributed by atoms with Gasteiger partial charge in [0.05, 0.1) is 6.54 Å². The molecule has 4 heteroatoms. The summed E-state index contributed by atoms with van der Waals surface area (Å²) in [5.41, 5.74) is 1.41. The maximum Gasteiger partial charge on any atom is 0.145 e. The molecule has 0 spiro atoms. The third-order valence-electron chi connectivity index (χ3n) is 2.60. The molecule has 2 aromatic rings. The van der Waals surface area contributed by atoms with Crippen molar-refractivity contribution < 1.29 is 0 Å². The molecule has 0 atom stereocenters. The van der Waals surface area contributed by atoms with Crippen LogP contribution < -0.4 is 0 Å². The lowest BCUT2D eigenvalue weighted by Gasteiger charge is -2.10. The minimum atomic E-state index is 0.368. The molecule has 0 saturated carbocycles. The second-order valence-electron chi connectivity index (χ2n) is 4.19. The Morgan fingerprint density at radius 3 is 2.88 bits per heavy atom. The smallest absolute Gasteiger partial charge is 0.145 e. The van der Waals surface area contributed by atoms with Crippen molar-refractivity contribution >= 4 is 0 Å². The van der Waals surface area contributed by atoms with Crippen molar-refractivity contribution in [2.45, 2.75) is 26.3 Å². The fraction of sp³-hybridized carbons (Fsp3) is 0.308. The van der Waals surface area contributed by atoms with Gasteiger partial charge in [-0.3, -0.25) is 0 Å². The average molecular weight is 226 g/mol. The molecule has 0 bridgehead atoms. The average Bonchev–Trinajstić information content (AvgIpc) is 2.78. The van der Waals surface area contributed by atoms with Crippen molar-refractivity contribution in [2.24, 2.45) is 0 Å². The van der Waals surface area contributed by atoms with E-state index in [9.17, 15) is 0 Å². The number of hydrogen-bond donors (Lipinski definition) is 0. The standard InChI is InChI=1S/C13H14N4/c1-10(2)13-16-6-7-17(13)9-11-4-3-5-15-12(11)8-14/h3-7,10H,9H2,1-2H3. The van der Waals surface area contributed by atoms with Crippen molar-refractivity contribution in [3.8, 4) is 6.07 Å². The predicted molar refractivity (Wildman–Crippen MR) is 64.4 cm³/mol. The molecule has 0 fully saturated rings. The zero-order valence-electron chi connectivity index (χ0n) is 9.96. The van der Waals surface area contributed by atoms with E-state index in [1.165, 1.54) is 0 Å². The van der Waals surface area contributed by atoms with Crippen LogP contribution in [0.4, 0.5) is 0 Å². The SMILES string of the molecule is CC(C)c1nccn1Cc1cccnc1C#N. The molecule has 0 amide bonds. The fourth-order valence-corrected chi connectivity index (χ4v) is 1.81. The molecule has 0 aliphatic heterocycles. The zero-order valence-corrected chi connectivity index (χ0v) is 9.96. The second kappa shape index (κ2) is 4.79. The maximum absolute atomic E-state index is 8.99. The van der Waals surface area contributed by atoms with Gasteiger partial charge in [0, 0.05) is 30.1 Å². The Kier molecular flexibility index (Phi) is 3.20. The summed E-state index contributed by atoms with van der Waals surface area (Å²) in [5.74, 6) is 1.39. The van der Waals surface area contributed by atoms with Gasteiger partial charge in [-0.05, 0) is 6.07 Å². The quantitative estimate of drug-likeness (QED) is 0.807. The molecular weight excluding hydrogens is 212 g/mol. The summed E-state index contributed by atoms with van der Waals surface area (Å²) in [7, 11) is 0. The Morgan fingerprint density at radius 1 is 1.35 bits per heavy atom. The van der Waals surface area contributed by atoms with Crippen LogP contribution in [0.5, 0.6) is 0 Å². The van der Waals surface area contributed by atoms with E-state index in [0.717, 1.165) is 11.4 Å². The number of aromatic nitrogens is 3. The lowest BCUT2D eigenvalue weighted by molar-refractivity contribution is 0.667. The zero-order chi connectivity index (χ0) is 12.3. The van der Waals surface area contributed by atoms with Gasteiger partial charge in [0.15, 0.2) is 0 Å². The van der Waals surface area contributed by atoms with E-state index in [4.69, 9.17) is 5.26 Å². The lowest BCUT2D eigenvalue weighted by atomic mass is 10.1. The lowest BCUT2D eigenvalue weighted by Crippen LogP contribution is -2.07. The highest BCUT2D eigenvalue weighted by atomic mass is 15.1. The molecule has 2 rings (SSSR count). The van der Waals surface area contributed by atoms with E-state index in [-0.39, 0.29) is 0 Å². The van der Waals surface area contributed by atoms with Crippen LogP contribution >= 0.6 is 0 Å². The van der Waals surface area contributed by atoms with Crippen LogP contribution in [0.15, 0.2) is 30.7 Å². The molecule has 86 valence electrons. The van der Waals surface area contributed by atoms with E-state index >= 15 is 0 Å². The van der Waals surface area contributed by atoms with Gasteiger partial charge in [-0.15, -0.1) is 0 Å². The van der Waals surface area contributed by atoms with Crippen molar-refractivity contribution in [1.82, 2.24) is 14.5 Å². The van der Waals surface area contributed by atoms with Gasteiger partial charge in [-0.25, -0.2) is 9.97 Å². The largest absolute Gasteiger partial charge is 0.330 e. The number of imidazole rings is 1. The normalized spacial score (nSPS) is 10.5. The van der Waals surface area contributed by atoms with Gasteiger partial charge in [0.1, 0.15) is 17.6 Å². The number of rotatable bonds is 3. The first kappa shape index (κ1) is 11.3. The van der Waals surface area contributed by atoms with Crippen LogP contribution in [0.3, 0.4) is 0 Å². The summed E-state index contributed by atoms with van der Waals surface area (Å²) < 4.78 is 2.06. The maximum atomic E-state index is 8.99. The van der Waals surface area contributed by atoms with Gasteiger partial charge < -0.3 is 4.57 Å². The summed E-state index contributed by atoms with van der Waals surface area (Å²) in [4.78, 5) is 8.38. The summed E-state index contributed by atoms with van der Waals surface area (Å²) in [6.45, 7) is 4.85. The predicted octanol–water partition coefficient (Wildman–Crippen LogP) is 2.32. The molecule has 0 aromatic carbocycles. The van der Waals surface area contributed by atoms with Gasteiger partial charge in [-0.1, -0.05) is 19.9 Å². The van der Waals surface area contributed by atoms with Crippen LogP contribution in [-0.2, 0) is 6.54 Å². The van der Waals surface area contributed by atoms with Crippen molar-refractivity contribution in [2.75, 3.05) is 0 Å². The Labute approximate surface area is 101 Å². The van der Waals surface area contributed by atoms with Crippen LogP contribution in [0.25, 0.3) is 0 Å². The molecule has 0 unspecified atom stereocenters. The minimum absolute atomic E-state index is 0.368. The van der Waals surface area contributed by atoms with Crippen molar-refractivity contribution in [1.29, 1.82) is 5.26 Å². The first-order valence-corrected chi connectivity index (χ1v) is 5.57. The summed E-state index contributed by atoms with van der Waals surface area (Å²) >= 11 is 0. The first-order valence-electron chi connectivity index (χ1n) is 5.57. The highest BCUT2D eigenvalue weighted by Gasteiger charge is 2.09. The Balaban J connectivity index is 2.32. The molecule has 0 radical (unpaired) electrons. The summed E-state index contributed by atoms with van der Waals surface area (Å²) in [6, 6.07) is 5.89. The topological polar surface area (TPSA) is 54.5 Å². The number of nitriles is 1. The molecule has 0 aliphatic carbocycles. The molecule has 0 aliphatic rings. The molecule has 2 heterocycles. The van der Waals surface area contributed by atoms with E-state index < -0.39 is 0 Å². The molecule has 17 heavy (non-hydrogen) atoms. The molecule has 0 N–H and O–H groups in total. The van der Waals surface area contributed by atoms with Crippen LogP contribution in [0, 0.1) is 11.3 Å². The Morgan fingerprint density at radius 2 is 2.18 bits per heavy atom. The molecule has 0 saturated heterocycles. The fourth-order valence-electron chi connectivity index (χ4n) is 1.81. The second-order valence-corrected chi connectivity index (χ2v) is 4.19. The Hall–Kier alpha value is -2.15. The van der Waals surface area contributed by atoms with Crippen LogP contribution in [0.1, 0.15) is 36.8 Å². The first-order chi connectivity index (χ1) is 8.22. The van der Waals surface area contributed by atoms with Gasteiger partial charge in [0.25, 0.3) is 0 Å². The third-order valence-corrected chi connectivity index (χ3v) is 2.60. The van der Waals surface area contributed by atoms with E-state index in [1.54, 1.807) is 12.4 Å². The molecule has 2 aromatic heterocycles. The van der Waals surface area contributed by atoms with Gasteiger partial charge in [0.2, 0.25) is 0 Å². The van der Waals surface area contributed by atoms with E-state index in [1.807, 2.05) is 18.3 Å². The number of hydrogen-bond acceptors (Lipinski definition) is 3. The highest BCUT2D eigenvalue weighted by Crippen LogP contribution is 2.14. The summed E-state index contributed by atoms with van der Waals surface area (Å²) in [5, 5.41) is 8.99. The van der Waals surface area contributed by atoms with E-state index in [2.05, 4.69) is 34.5 Å². The van der Waals surface area contributed by atoms with Crippen LogP contribution in [-0.4, -0.2) is 14.5 Å². The molecule has 4 nitrogen and oxygen atoms in total. The monoisotopic (exact) mass is 226 g/mol. The number of pyridine rings is 1. The summed E-state index contributed by atoms with van der Waals surface area (Å²) in [6.07, 6.45) is 5.36. The van der Waals surface area contributed by atoms with Crippen molar-refractivity contribution in [3.05, 3.63) is 47.8 Å². The molecular formula is C13H14N4. The van der Waals surface area contributed by atoms with Gasteiger partial charge in [-0.2, -0.15) is 5.26 Å².